The van der Waals surface area contributed by atoms with Crippen LogP contribution >= 0.6 is 35.4 Å². The van der Waals surface area contributed by atoms with Crippen LogP contribution in [0.4, 0.5) is 11.4 Å². The summed E-state index contributed by atoms with van der Waals surface area (Å²) in [6, 6.07) is 10.2. The first-order valence-electron chi connectivity index (χ1n) is 10.1. The van der Waals surface area contributed by atoms with Crippen molar-refractivity contribution in [3.05, 3.63) is 52.0 Å². The third kappa shape index (κ3) is 5.82. The lowest BCUT2D eigenvalue weighted by Crippen LogP contribution is -2.48. The molecule has 1 aliphatic rings. The van der Waals surface area contributed by atoms with Crippen molar-refractivity contribution < 1.29 is 14.3 Å². The monoisotopic (exact) mass is 494 g/mol. The van der Waals surface area contributed by atoms with Crippen molar-refractivity contribution in [2.45, 2.75) is 13.8 Å². The van der Waals surface area contributed by atoms with Crippen LogP contribution in [0.25, 0.3) is 0 Å². The minimum Gasteiger partial charge on any atom is -0.492 e. The van der Waals surface area contributed by atoms with Crippen LogP contribution in [0.15, 0.2) is 36.4 Å². The second-order valence-electron chi connectivity index (χ2n) is 7.12. The molecule has 0 aromatic heterocycles. The number of halogens is 2. The van der Waals surface area contributed by atoms with E-state index in [4.69, 9.17) is 40.2 Å². The number of nitrogens with zero attached hydrogens (tertiary/aromatic N) is 2. The van der Waals surface area contributed by atoms with Crippen molar-refractivity contribution in [1.82, 2.24) is 10.2 Å². The van der Waals surface area contributed by atoms with Crippen LogP contribution in [0.2, 0.25) is 10.0 Å². The maximum atomic E-state index is 12.6. The number of carbonyl (C=O) groups excluding carboxylic acids is 2. The van der Waals surface area contributed by atoms with Crippen LogP contribution in [0, 0.1) is 0 Å². The van der Waals surface area contributed by atoms with Crippen molar-refractivity contribution in [2.75, 3.05) is 43.0 Å². The molecule has 2 N–H and O–H groups in total. The van der Waals surface area contributed by atoms with Crippen molar-refractivity contribution in [1.29, 1.82) is 0 Å². The van der Waals surface area contributed by atoms with Gasteiger partial charge in [0.05, 0.1) is 28.0 Å². The molecule has 2 amide bonds. The summed E-state index contributed by atoms with van der Waals surface area (Å²) in [5.41, 5.74) is 1.80. The van der Waals surface area contributed by atoms with Gasteiger partial charge in [-0.1, -0.05) is 29.3 Å². The molecule has 170 valence electrons. The third-order valence-electron chi connectivity index (χ3n) is 5.00. The quantitative estimate of drug-likeness (QED) is 0.607. The summed E-state index contributed by atoms with van der Waals surface area (Å²) in [7, 11) is 0. The van der Waals surface area contributed by atoms with Gasteiger partial charge in [0.15, 0.2) is 5.11 Å². The molecule has 2 aromatic carbocycles. The minimum absolute atomic E-state index is 0.0560. The van der Waals surface area contributed by atoms with E-state index >= 15 is 0 Å². The van der Waals surface area contributed by atoms with Gasteiger partial charge < -0.3 is 19.9 Å². The van der Waals surface area contributed by atoms with E-state index in [1.54, 1.807) is 36.1 Å². The van der Waals surface area contributed by atoms with Gasteiger partial charge in [-0.2, -0.15) is 0 Å². The van der Waals surface area contributed by atoms with E-state index in [9.17, 15) is 9.59 Å². The summed E-state index contributed by atoms with van der Waals surface area (Å²) in [5.74, 6) is 0.173. The summed E-state index contributed by atoms with van der Waals surface area (Å²) in [4.78, 5) is 28.1. The number of thiocarbonyl (C=S) groups is 1. The first-order valence-corrected chi connectivity index (χ1v) is 11.3. The molecule has 0 radical (unpaired) electrons. The highest BCUT2D eigenvalue weighted by Gasteiger charge is 2.23. The lowest BCUT2D eigenvalue weighted by atomic mass is 10.2. The number of piperazine rings is 1. The van der Waals surface area contributed by atoms with Crippen LogP contribution in [-0.2, 0) is 4.79 Å². The minimum atomic E-state index is -0.397. The summed E-state index contributed by atoms with van der Waals surface area (Å²) in [6.07, 6.45) is 0. The molecule has 1 aliphatic heterocycles. The predicted octanol–water partition coefficient (Wildman–Crippen LogP) is 4.19. The van der Waals surface area contributed by atoms with E-state index in [2.05, 4.69) is 15.5 Å². The molecule has 1 heterocycles. The van der Waals surface area contributed by atoms with Crippen LogP contribution in [0.3, 0.4) is 0 Å². The van der Waals surface area contributed by atoms with E-state index < -0.39 is 5.91 Å². The fraction of sp³-hybridized carbons (Fsp3) is 0.318. The van der Waals surface area contributed by atoms with Gasteiger partial charge >= 0.3 is 0 Å². The summed E-state index contributed by atoms with van der Waals surface area (Å²) in [6.45, 7) is 6.40. The molecule has 1 saturated heterocycles. The van der Waals surface area contributed by atoms with Crippen LogP contribution in [0.5, 0.6) is 5.75 Å². The third-order valence-corrected chi connectivity index (χ3v) is 5.80. The Morgan fingerprint density at radius 1 is 1.09 bits per heavy atom. The van der Waals surface area contributed by atoms with Crippen molar-refractivity contribution in [3.8, 4) is 5.75 Å². The fourth-order valence-corrected chi connectivity index (χ4v) is 4.16. The zero-order valence-corrected chi connectivity index (χ0v) is 20.1. The number of nitrogens with one attached hydrogen (secondary N) is 2. The lowest BCUT2D eigenvalue weighted by Gasteiger charge is -2.37. The van der Waals surface area contributed by atoms with Gasteiger partial charge in [0.2, 0.25) is 5.91 Å². The largest absolute Gasteiger partial charge is 0.492 e. The van der Waals surface area contributed by atoms with Gasteiger partial charge in [-0.3, -0.25) is 14.9 Å². The van der Waals surface area contributed by atoms with Gasteiger partial charge in [-0.25, -0.2) is 0 Å². The predicted molar refractivity (Wildman–Crippen MR) is 132 cm³/mol. The number of hydrogen-bond donors (Lipinski definition) is 2. The summed E-state index contributed by atoms with van der Waals surface area (Å²) < 4.78 is 5.39. The second-order valence-corrected chi connectivity index (χ2v) is 8.34. The number of rotatable bonds is 5. The molecule has 2 aromatic rings. The zero-order valence-electron chi connectivity index (χ0n) is 17.8. The first-order chi connectivity index (χ1) is 15.3. The Bertz CT molecular complexity index is 1030. The van der Waals surface area contributed by atoms with Crippen LogP contribution < -0.4 is 20.3 Å². The van der Waals surface area contributed by atoms with Gasteiger partial charge in [0.1, 0.15) is 5.75 Å². The average Bonchev–Trinajstić information content (AvgIpc) is 2.75. The highest BCUT2D eigenvalue weighted by Crippen LogP contribution is 2.34. The normalized spacial score (nSPS) is 13.5. The number of benzene rings is 2. The molecule has 0 atom stereocenters. The number of anilines is 2. The maximum Gasteiger partial charge on any atom is 0.257 e. The smallest absolute Gasteiger partial charge is 0.257 e. The van der Waals surface area contributed by atoms with Crippen molar-refractivity contribution in [2.24, 2.45) is 0 Å². The molecular formula is C22H24Cl2N4O3S. The Labute approximate surface area is 202 Å². The van der Waals surface area contributed by atoms with Gasteiger partial charge in [0.25, 0.3) is 5.91 Å². The van der Waals surface area contributed by atoms with E-state index in [-0.39, 0.29) is 11.0 Å². The van der Waals surface area contributed by atoms with E-state index in [0.717, 1.165) is 5.69 Å². The molecule has 0 bridgehead atoms. The second kappa shape index (κ2) is 10.8. The van der Waals surface area contributed by atoms with Crippen LogP contribution in [0.1, 0.15) is 24.2 Å². The Kier molecular flexibility index (Phi) is 8.17. The molecule has 7 nitrogen and oxygen atoms in total. The molecule has 10 heteroatoms. The Hall–Kier alpha value is -2.55. The van der Waals surface area contributed by atoms with Crippen LogP contribution in [-0.4, -0.2) is 54.6 Å². The van der Waals surface area contributed by atoms with E-state index in [1.807, 2.05) is 13.0 Å². The molecule has 0 unspecified atom stereocenters. The average molecular weight is 495 g/mol. The van der Waals surface area contributed by atoms with Gasteiger partial charge in [-0.15, -0.1) is 0 Å². The molecule has 0 spiro atoms. The topological polar surface area (TPSA) is 73.9 Å². The molecule has 32 heavy (non-hydrogen) atoms. The molecule has 0 saturated carbocycles. The SMILES string of the molecule is CCOc1ccc(C(=O)NC(=S)Nc2cccc(Cl)c2N2CCN(C(C)=O)CC2)cc1Cl. The van der Waals surface area contributed by atoms with Crippen molar-refractivity contribution >= 4 is 63.7 Å². The lowest BCUT2D eigenvalue weighted by molar-refractivity contribution is -0.129. The van der Waals surface area contributed by atoms with Gasteiger partial charge in [0, 0.05) is 38.7 Å². The highest BCUT2D eigenvalue weighted by molar-refractivity contribution is 7.80. The molecule has 1 fully saturated rings. The Morgan fingerprint density at radius 3 is 2.44 bits per heavy atom. The van der Waals surface area contributed by atoms with E-state index in [0.29, 0.717) is 59.8 Å². The Balaban J connectivity index is 1.69. The highest BCUT2D eigenvalue weighted by atomic mass is 35.5. The summed E-state index contributed by atoms with van der Waals surface area (Å²) >= 11 is 18.0. The molecule has 3 rings (SSSR count). The number of carbonyl (C=O) groups is 2. The number of hydrogen-bond acceptors (Lipinski definition) is 5. The molecular weight excluding hydrogens is 471 g/mol. The number of ether oxygens (including phenoxy) is 1. The van der Waals surface area contributed by atoms with Crippen molar-refractivity contribution in [3.63, 3.8) is 0 Å². The zero-order chi connectivity index (χ0) is 23.3. The fourth-order valence-electron chi connectivity index (χ4n) is 3.43. The van der Waals surface area contributed by atoms with E-state index in [1.165, 1.54) is 6.07 Å². The number of para-hydroxylation sites is 1. The van der Waals surface area contributed by atoms with Gasteiger partial charge in [-0.05, 0) is 49.5 Å². The number of amides is 2. The maximum absolute atomic E-state index is 12.6. The molecule has 0 aliphatic carbocycles. The standard InChI is InChI=1S/C22H24Cl2N4O3S/c1-3-31-19-8-7-15(13-17(19)24)21(30)26-22(32)25-18-6-4-5-16(23)20(18)28-11-9-27(10-12-28)14(2)29/h4-8,13H,3,9-12H2,1-2H3,(H2,25,26,30,32). The Morgan fingerprint density at radius 2 is 1.81 bits per heavy atom. The summed E-state index contributed by atoms with van der Waals surface area (Å²) in [5, 5.41) is 6.76. The first kappa shape index (κ1) is 24.1.